The molecule has 0 spiro atoms. The smallest absolute Gasteiger partial charge is 0.306 e. The molecule has 0 aromatic heterocycles. The monoisotopic (exact) mass is 819 g/mol. The van der Waals surface area contributed by atoms with Crippen LogP contribution in [0.4, 0.5) is 0 Å². The average molecular weight is 819 g/mol. The first kappa shape index (κ1) is 53.9. The van der Waals surface area contributed by atoms with Crippen LogP contribution in [0.15, 0.2) is 60.8 Å². The number of esters is 1. The maximum Gasteiger partial charge on any atom is 0.306 e. The van der Waals surface area contributed by atoms with Gasteiger partial charge in [-0.2, -0.15) is 0 Å². The molecule has 0 amide bonds. The summed E-state index contributed by atoms with van der Waals surface area (Å²) in [6.45, 7) is 4.46. The summed E-state index contributed by atoms with van der Waals surface area (Å²) in [5, 5.41) is 40.1. The van der Waals surface area contributed by atoms with Gasteiger partial charge in [0.05, 0.1) is 19.8 Å². The molecule has 1 saturated heterocycles. The van der Waals surface area contributed by atoms with Gasteiger partial charge in [0.2, 0.25) is 0 Å². The Labute approximate surface area is 354 Å². The van der Waals surface area contributed by atoms with Gasteiger partial charge in [-0.25, -0.2) is 0 Å². The van der Waals surface area contributed by atoms with Crippen LogP contribution in [0.5, 0.6) is 0 Å². The average Bonchev–Trinajstić information content (AvgIpc) is 3.22. The molecule has 1 rings (SSSR count). The summed E-state index contributed by atoms with van der Waals surface area (Å²) in [5.74, 6) is -0.332. The van der Waals surface area contributed by atoms with E-state index in [2.05, 4.69) is 74.6 Å². The van der Waals surface area contributed by atoms with E-state index in [4.69, 9.17) is 18.9 Å². The van der Waals surface area contributed by atoms with Crippen LogP contribution < -0.4 is 0 Å². The van der Waals surface area contributed by atoms with Crippen molar-refractivity contribution in [1.82, 2.24) is 0 Å². The lowest BCUT2D eigenvalue weighted by Gasteiger charge is -2.39. The molecule has 0 aromatic rings. The summed E-state index contributed by atoms with van der Waals surface area (Å²) >= 11 is 0. The Kier molecular flexibility index (Phi) is 37.5. The van der Waals surface area contributed by atoms with Gasteiger partial charge in [-0.3, -0.25) is 4.79 Å². The van der Waals surface area contributed by atoms with Crippen molar-refractivity contribution in [2.75, 3.05) is 26.4 Å². The second-order valence-corrected chi connectivity index (χ2v) is 15.8. The molecule has 0 saturated carbocycles. The van der Waals surface area contributed by atoms with Gasteiger partial charge in [0, 0.05) is 13.0 Å². The maximum atomic E-state index is 12.8. The van der Waals surface area contributed by atoms with E-state index in [1.807, 2.05) is 0 Å². The molecule has 58 heavy (non-hydrogen) atoms. The molecule has 9 heteroatoms. The molecule has 6 atom stereocenters. The first-order valence-corrected chi connectivity index (χ1v) is 23.4. The lowest BCUT2D eigenvalue weighted by atomic mass is 9.99. The Morgan fingerprint density at radius 1 is 0.552 bits per heavy atom. The van der Waals surface area contributed by atoms with Crippen molar-refractivity contribution < 1.29 is 44.2 Å². The molecule has 6 unspecified atom stereocenters. The van der Waals surface area contributed by atoms with Crippen LogP contribution in [0.2, 0.25) is 0 Å². The van der Waals surface area contributed by atoms with Gasteiger partial charge < -0.3 is 39.4 Å². The normalized spacial score (nSPS) is 20.8. The number of carbonyl (C=O) groups excluding carboxylic acids is 1. The summed E-state index contributed by atoms with van der Waals surface area (Å²) in [6.07, 6.45) is 43.8. The zero-order valence-corrected chi connectivity index (χ0v) is 36.8. The third-order valence-electron chi connectivity index (χ3n) is 10.4. The van der Waals surface area contributed by atoms with E-state index in [1.54, 1.807) is 0 Å². The largest absolute Gasteiger partial charge is 0.457 e. The van der Waals surface area contributed by atoms with Gasteiger partial charge in [-0.1, -0.05) is 152 Å². The quantitative estimate of drug-likeness (QED) is 0.0272. The molecule has 0 aliphatic carbocycles. The van der Waals surface area contributed by atoms with Crippen LogP contribution in [0.3, 0.4) is 0 Å². The number of aliphatic hydroxyl groups excluding tert-OH is 4. The van der Waals surface area contributed by atoms with Crippen LogP contribution in [-0.4, -0.2) is 89.6 Å². The first-order valence-electron chi connectivity index (χ1n) is 23.4. The highest BCUT2D eigenvalue weighted by atomic mass is 16.7. The van der Waals surface area contributed by atoms with E-state index in [-0.39, 0.29) is 19.2 Å². The lowest BCUT2D eigenvalue weighted by Crippen LogP contribution is -2.59. The fraction of sp³-hybridized carbons (Fsp3) is 0.776. The molecular formula is C49H86O9. The van der Waals surface area contributed by atoms with E-state index in [1.165, 1.54) is 83.5 Å². The Morgan fingerprint density at radius 3 is 1.50 bits per heavy atom. The van der Waals surface area contributed by atoms with Crippen LogP contribution in [0, 0.1) is 0 Å². The van der Waals surface area contributed by atoms with Crippen molar-refractivity contribution in [3.05, 3.63) is 60.8 Å². The Bertz CT molecular complexity index is 1070. The van der Waals surface area contributed by atoms with E-state index < -0.39 is 43.4 Å². The molecule has 1 aliphatic heterocycles. The third kappa shape index (κ3) is 30.9. The Balaban J connectivity index is 2.28. The Morgan fingerprint density at radius 2 is 1.00 bits per heavy atom. The fourth-order valence-electron chi connectivity index (χ4n) is 6.70. The molecule has 4 N–H and O–H groups in total. The van der Waals surface area contributed by atoms with Crippen LogP contribution in [-0.2, 0) is 23.7 Å². The predicted molar refractivity (Wildman–Crippen MR) is 238 cm³/mol. The first-order chi connectivity index (χ1) is 28.4. The highest BCUT2D eigenvalue weighted by molar-refractivity contribution is 5.69. The lowest BCUT2D eigenvalue weighted by molar-refractivity contribution is -0.305. The number of allylic oxidation sites excluding steroid dienone is 10. The number of ether oxygens (including phenoxy) is 4. The molecule has 0 radical (unpaired) electrons. The van der Waals surface area contributed by atoms with Gasteiger partial charge in [0.25, 0.3) is 0 Å². The van der Waals surface area contributed by atoms with Crippen molar-refractivity contribution >= 4 is 5.97 Å². The van der Waals surface area contributed by atoms with Crippen molar-refractivity contribution in [3.8, 4) is 0 Å². The molecule has 0 bridgehead atoms. The summed E-state index contributed by atoms with van der Waals surface area (Å²) in [7, 11) is 0. The minimum atomic E-state index is -1.54. The van der Waals surface area contributed by atoms with Crippen LogP contribution in [0.1, 0.15) is 181 Å². The minimum absolute atomic E-state index is 0.126. The standard InChI is InChI=1S/C49H86O9/c1-3-5-7-9-11-13-15-17-19-21-22-23-24-26-28-30-32-34-36-38-45(51)57-43(42-56-49-48(54)47(53)46(52)44(40-50)58-49)41-55-39-37-35-33-31-29-27-25-20-18-16-14-12-10-8-6-4-2/h11-14,17-20,22-23,43-44,46-50,52-54H,3-10,15-16,21,24-42H2,1-2H3/b13-11-,14-12-,19-17-,20-18-,23-22-. The summed E-state index contributed by atoms with van der Waals surface area (Å²) in [4.78, 5) is 12.8. The second-order valence-electron chi connectivity index (χ2n) is 15.8. The van der Waals surface area contributed by atoms with Gasteiger partial charge in [0.15, 0.2) is 6.29 Å². The third-order valence-corrected chi connectivity index (χ3v) is 10.4. The van der Waals surface area contributed by atoms with Crippen molar-refractivity contribution in [2.24, 2.45) is 0 Å². The highest BCUT2D eigenvalue weighted by Gasteiger charge is 2.44. The van der Waals surface area contributed by atoms with Gasteiger partial charge in [-0.05, 0) is 83.5 Å². The molecular weight excluding hydrogens is 733 g/mol. The number of unbranched alkanes of at least 4 members (excludes halogenated alkanes) is 18. The SMILES string of the molecule is CCCCC/C=C\C/C=C\C/C=C\CCCCCCCCC(=O)OC(COCCCCCCCC/C=C\C/C=C\CCCCC)COC1OC(CO)C(O)C(O)C1O. The number of aliphatic hydroxyl groups is 4. The van der Waals surface area contributed by atoms with Crippen LogP contribution in [0.25, 0.3) is 0 Å². The number of rotatable bonds is 39. The second kappa shape index (κ2) is 40.3. The van der Waals surface area contributed by atoms with E-state index in [9.17, 15) is 25.2 Å². The van der Waals surface area contributed by atoms with E-state index in [0.29, 0.717) is 13.0 Å². The molecule has 1 aliphatic rings. The number of carbonyl (C=O) groups is 1. The van der Waals surface area contributed by atoms with Crippen molar-refractivity contribution in [2.45, 2.75) is 218 Å². The zero-order valence-electron chi connectivity index (χ0n) is 36.8. The molecule has 336 valence electrons. The molecule has 9 nitrogen and oxygen atoms in total. The summed E-state index contributed by atoms with van der Waals surface area (Å²) in [6, 6.07) is 0. The topological polar surface area (TPSA) is 135 Å². The highest BCUT2D eigenvalue weighted by Crippen LogP contribution is 2.22. The van der Waals surface area contributed by atoms with E-state index >= 15 is 0 Å². The van der Waals surface area contributed by atoms with Gasteiger partial charge >= 0.3 is 5.97 Å². The van der Waals surface area contributed by atoms with Crippen molar-refractivity contribution in [1.29, 1.82) is 0 Å². The minimum Gasteiger partial charge on any atom is -0.457 e. The number of hydrogen-bond acceptors (Lipinski definition) is 9. The van der Waals surface area contributed by atoms with Crippen LogP contribution >= 0.6 is 0 Å². The summed E-state index contributed by atoms with van der Waals surface area (Å²) < 4.78 is 22.8. The number of hydrogen-bond donors (Lipinski definition) is 4. The maximum absolute atomic E-state index is 12.8. The fourth-order valence-corrected chi connectivity index (χ4v) is 6.70. The predicted octanol–water partition coefficient (Wildman–Crippen LogP) is 10.7. The summed E-state index contributed by atoms with van der Waals surface area (Å²) in [5.41, 5.74) is 0. The van der Waals surface area contributed by atoms with Gasteiger partial charge in [0.1, 0.15) is 30.5 Å². The van der Waals surface area contributed by atoms with Gasteiger partial charge in [-0.15, -0.1) is 0 Å². The Hall–Kier alpha value is -2.11. The zero-order chi connectivity index (χ0) is 42.2. The van der Waals surface area contributed by atoms with Crippen molar-refractivity contribution in [3.63, 3.8) is 0 Å². The molecule has 1 heterocycles. The van der Waals surface area contributed by atoms with E-state index in [0.717, 1.165) is 77.0 Å². The molecule has 1 fully saturated rings. The molecule has 0 aromatic carbocycles.